The van der Waals surface area contributed by atoms with E-state index in [9.17, 15) is 9.18 Å². The van der Waals surface area contributed by atoms with Crippen LogP contribution >= 0.6 is 11.3 Å². The number of benzene rings is 1. The number of halogens is 1. The molecule has 0 radical (unpaired) electrons. The van der Waals surface area contributed by atoms with Crippen LogP contribution in [0, 0.1) is 18.7 Å². The topological polar surface area (TPSA) is 51.7 Å². The first-order chi connectivity index (χ1) is 12.1. The number of carbonyl (C=O) groups is 1. The number of amides is 1. The van der Waals surface area contributed by atoms with E-state index in [4.69, 9.17) is 9.47 Å². The van der Waals surface area contributed by atoms with Crippen LogP contribution < -0.4 is 9.47 Å². The number of aryl methyl sites for hydroxylation is 1. The van der Waals surface area contributed by atoms with E-state index in [1.54, 1.807) is 19.2 Å². The standard InChI is InChI=1S/C18H21FN2O3S/c1-12-16(25-18(20-12)23-2)17(22)21-9-3-4-13(10-21)11-24-15-7-5-14(19)6-8-15/h5-8,13H,3-4,9-11H2,1-2H3/t13-/m1/s1. The molecule has 1 aromatic heterocycles. The highest BCUT2D eigenvalue weighted by molar-refractivity contribution is 7.15. The average molecular weight is 364 g/mol. The first-order valence-electron chi connectivity index (χ1n) is 8.26. The summed E-state index contributed by atoms with van der Waals surface area (Å²) < 4.78 is 23.8. The monoisotopic (exact) mass is 364 g/mol. The van der Waals surface area contributed by atoms with Gasteiger partial charge in [0.05, 0.1) is 19.4 Å². The van der Waals surface area contributed by atoms with Gasteiger partial charge in [-0.25, -0.2) is 9.37 Å². The fourth-order valence-electron chi connectivity index (χ4n) is 2.93. The number of hydrogen-bond donors (Lipinski definition) is 0. The van der Waals surface area contributed by atoms with Crippen LogP contribution in [0.5, 0.6) is 10.9 Å². The molecule has 0 spiro atoms. The Morgan fingerprint density at radius 2 is 2.16 bits per heavy atom. The Balaban J connectivity index is 1.59. The van der Waals surface area contributed by atoms with Crippen LogP contribution in [-0.4, -0.2) is 42.6 Å². The van der Waals surface area contributed by atoms with E-state index in [-0.39, 0.29) is 17.6 Å². The lowest BCUT2D eigenvalue weighted by Gasteiger charge is -2.32. The van der Waals surface area contributed by atoms with E-state index in [1.165, 1.54) is 23.5 Å². The smallest absolute Gasteiger partial charge is 0.273 e. The van der Waals surface area contributed by atoms with E-state index in [0.29, 0.717) is 34.7 Å². The highest BCUT2D eigenvalue weighted by Crippen LogP contribution is 2.27. The van der Waals surface area contributed by atoms with Crippen LogP contribution in [0.25, 0.3) is 0 Å². The van der Waals surface area contributed by atoms with Crippen LogP contribution in [0.3, 0.4) is 0 Å². The minimum absolute atomic E-state index is 0.00443. The summed E-state index contributed by atoms with van der Waals surface area (Å²) in [5, 5.41) is 0.508. The SMILES string of the molecule is COc1nc(C)c(C(=O)N2CCC[C@@H](COc3ccc(F)cc3)C2)s1. The largest absolute Gasteiger partial charge is 0.493 e. The van der Waals surface area contributed by atoms with Crippen molar-refractivity contribution < 1.29 is 18.7 Å². The highest BCUT2D eigenvalue weighted by Gasteiger charge is 2.27. The van der Waals surface area contributed by atoms with Crippen LogP contribution in [0.2, 0.25) is 0 Å². The third-order valence-corrected chi connectivity index (χ3v) is 5.36. The van der Waals surface area contributed by atoms with Crippen molar-refractivity contribution in [3.05, 3.63) is 40.7 Å². The number of rotatable bonds is 5. The number of carbonyl (C=O) groups excluding carboxylic acids is 1. The Bertz CT molecular complexity index is 732. The van der Waals surface area contributed by atoms with Crippen molar-refractivity contribution in [2.45, 2.75) is 19.8 Å². The molecule has 0 bridgehead atoms. The number of aromatic nitrogens is 1. The van der Waals surface area contributed by atoms with Crippen LogP contribution in [0.1, 0.15) is 28.2 Å². The number of piperidine rings is 1. The maximum Gasteiger partial charge on any atom is 0.273 e. The molecule has 2 aromatic rings. The van der Waals surface area contributed by atoms with E-state index in [2.05, 4.69) is 4.98 Å². The molecular weight excluding hydrogens is 343 g/mol. The molecule has 1 amide bonds. The van der Waals surface area contributed by atoms with Gasteiger partial charge in [-0.2, -0.15) is 0 Å². The lowest BCUT2D eigenvalue weighted by Crippen LogP contribution is -2.41. The van der Waals surface area contributed by atoms with Gasteiger partial charge in [-0.3, -0.25) is 4.79 Å². The van der Waals surface area contributed by atoms with Crippen molar-refractivity contribution >= 4 is 17.2 Å². The number of hydrogen-bond acceptors (Lipinski definition) is 5. The minimum Gasteiger partial charge on any atom is -0.493 e. The maximum atomic E-state index is 12.9. The summed E-state index contributed by atoms with van der Waals surface area (Å²) in [4.78, 5) is 19.5. The van der Waals surface area contributed by atoms with Crippen molar-refractivity contribution in [1.82, 2.24) is 9.88 Å². The fourth-order valence-corrected chi connectivity index (χ4v) is 3.78. The van der Waals surface area contributed by atoms with Gasteiger partial charge in [0, 0.05) is 19.0 Å². The Morgan fingerprint density at radius 1 is 1.40 bits per heavy atom. The molecular formula is C18H21FN2O3S. The quantitative estimate of drug-likeness (QED) is 0.814. The molecule has 2 heterocycles. The summed E-state index contributed by atoms with van der Waals surface area (Å²) in [6, 6.07) is 6.00. The molecule has 1 fully saturated rings. The van der Waals surface area contributed by atoms with Crippen molar-refractivity contribution in [1.29, 1.82) is 0 Å². The second kappa shape index (κ2) is 7.82. The average Bonchev–Trinajstić information content (AvgIpc) is 3.02. The Kier molecular flexibility index (Phi) is 5.53. The Morgan fingerprint density at radius 3 is 2.84 bits per heavy atom. The zero-order valence-electron chi connectivity index (χ0n) is 14.3. The Hall–Kier alpha value is -2.15. The summed E-state index contributed by atoms with van der Waals surface area (Å²) in [7, 11) is 1.55. The van der Waals surface area contributed by atoms with Gasteiger partial charge in [-0.15, -0.1) is 0 Å². The van der Waals surface area contributed by atoms with Crippen LogP contribution in [-0.2, 0) is 0 Å². The first-order valence-corrected chi connectivity index (χ1v) is 9.07. The van der Waals surface area contributed by atoms with Crippen molar-refractivity contribution in [3.8, 4) is 10.9 Å². The second-order valence-electron chi connectivity index (χ2n) is 6.12. The van der Waals surface area contributed by atoms with Gasteiger partial charge in [0.2, 0.25) is 0 Å². The number of methoxy groups -OCH3 is 1. The summed E-state index contributed by atoms with van der Waals surface area (Å²) >= 11 is 1.28. The van der Waals surface area contributed by atoms with Crippen molar-refractivity contribution in [3.63, 3.8) is 0 Å². The predicted octanol–water partition coefficient (Wildman–Crippen LogP) is 3.53. The summed E-state index contributed by atoms with van der Waals surface area (Å²) in [5.74, 6) is 0.632. The molecule has 1 aliphatic rings. The number of thiazole rings is 1. The lowest BCUT2D eigenvalue weighted by atomic mass is 9.98. The molecule has 25 heavy (non-hydrogen) atoms. The van der Waals surface area contributed by atoms with Gasteiger partial charge >= 0.3 is 0 Å². The molecule has 0 N–H and O–H groups in total. The van der Waals surface area contributed by atoms with Gasteiger partial charge in [0.15, 0.2) is 0 Å². The van der Waals surface area contributed by atoms with Gasteiger partial charge < -0.3 is 14.4 Å². The Labute approximate surface area is 150 Å². The van der Waals surface area contributed by atoms with Gasteiger partial charge in [0.25, 0.3) is 11.1 Å². The van der Waals surface area contributed by atoms with Gasteiger partial charge in [-0.1, -0.05) is 11.3 Å². The molecule has 1 aromatic carbocycles. The highest BCUT2D eigenvalue weighted by atomic mass is 32.1. The fraction of sp³-hybridized carbons (Fsp3) is 0.444. The second-order valence-corrected chi connectivity index (χ2v) is 7.08. The number of nitrogens with zero attached hydrogens (tertiary/aromatic N) is 2. The molecule has 5 nitrogen and oxygen atoms in total. The van der Waals surface area contributed by atoms with E-state index >= 15 is 0 Å². The molecule has 1 saturated heterocycles. The number of ether oxygens (including phenoxy) is 2. The van der Waals surface area contributed by atoms with Crippen LogP contribution in [0.4, 0.5) is 4.39 Å². The lowest BCUT2D eigenvalue weighted by molar-refractivity contribution is 0.0637. The third kappa shape index (κ3) is 4.28. The minimum atomic E-state index is -0.280. The van der Waals surface area contributed by atoms with Crippen molar-refractivity contribution in [2.24, 2.45) is 5.92 Å². The van der Waals surface area contributed by atoms with Crippen molar-refractivity contribution in [2.75, 3.05) is 26.8 Å². The van der Waals surface area contributed by atoms with E-state index < -0.39 is 0 Å². The molecule has 7 heteroatoms. The molecule has 0 aliphatic carbocycles. The molecule has 1 atom stereocenters. The summed E-state index contributed by atoms with van der Waals surface area (Å²) in [6.45, 7) is 3.73. The van der Waals surface area contributed by atoms with E-state index in [1.807, 2.05) is 11.8 Å². The van der Waals surface area contributed by atoms with Gasteiger partial charge in [-0.05, 0) is 44.0 Å². The molecule has 0 saturated carbocycles. The molecule has 1 aliphatic heterocycles. The van der Waals surface area contributed by atoms with Crippen LogP contribution in [0.15, 0.2) is 24.3 Å². The van der Waals surface area contributed by atoms with Gasteiger partial charge in [0.1, 0.15) is 16.4 Å². The normalized spacial score (nSPS) is 17.4. The predicted molar refractivity (Wildman–Crippen MR) is 93.9 cm³/mol. The third-order valence-electron chi connectivity index (χ3n) is 4.25. The maximum absolute atomic E-state index is 12.9. The molecule has 3 rings (SSSR count). The molecule has 134 valence electrons. The molecule has 0 unspecified atom stereocenters. The zero-order valence-corrected chi connectivity index (χ0v) is 15.1. The number of likely N-dealkylation sites (tertiary alicyclic amines) is 1. The first kappa shape index (κ1) is 17.7. The zero-order chi connectivity index (χ0) is 17.8. The summed E-state index contributed by atoms with van der Waals surface area (Å²) in [5.41, 5.74) is 0.705. The van der Waals surface area contributed by atoms with E-state index in [0.717, 1.165) is 19.4 Å². The summed E-state index contributed by atoms with van der Waals surface area (Å²) in [6.07, 6.45) is 1.95.